The molecule has 0 aliphatic rings. The Morgan fingerprint density at radius 3 is 2.44 bits per heavy atom. The predicted molar refractivity (Wildman–Crippen MR) is 133 cm³/mol. The molecular formula is C21H16BrCl2FN6S. The molecule has 0 unspecified atom stereocenters. The van der Waals surface area contributed by atoms with E-state index in [0.717, 1.165) is 21.3 Å². The van der Waals surface area contributed by atoms with Crippen LogP contribution in [0.3, 0.4) is 0 Å². The molecule has 0 spiro atoms. The summed E-state index contributed by atoms with van der Waals surface area (Å²) >= 11 is 20.9. The van der Waals surface area contributed by atoms with E-state index in [4.69, 9.17) is 35.4 Å². The molecule has 32 heavy (non-hydrogen) atoms. The number of benzene rings is 2. The van der Waals surface area contributed by atoms with Gasteiger partial charge in [0, 0.05) is 12.4 Å². The van der Waals surface area contributed by atoms with Crippen molar-refractivity contribution < 1.29 is 4.39 Å². The number of hydrogen-bond donors (Lipinski definition) is 2. The van der Waals surface area contributed by atoms with E-state index in [1.807, 2.05) is 24.5 Å². The third-order valence-corrected chi connectivity index (χ3v) is 5.95. The van der Waals surface area contributed by atoms with Crippen molar-refractivity contribution in [1.29, 1.82) is 0 Å². The Balaban J connectivity index is 1.35. The molecule has 2 aromatic carbocycles. The zero-order valence-electron chi connectivity index (χ0n) is 16.4. The molecule has 0 saturated carbocycles. The van der Waals surface area contributed by atoms with Crippen molar-refractivity contribution in [2.24, 2.45) is 0 Å². The number of anilines is 2. The standard InChI is InChI=1S/C21H16BrCl2FN6S/c22-17-12-31(10-14-3-6-18(23)19(24)7-14)29-20(17)28-21(32)27-16-8-26-30(11-16)9-13-1-4-15(25)5-2-13/h1-8,11-12H,9-10H2,(H2,27,28,29,32). The van der Waals surface area contributed by atoms with Crippen molar-refractivity contribution >= 4 is 68.0 Å². The summed E-state index contributed by atoms with van der Waals surface area (Å²) in [5.41, 5.74) is 2.63. The van der Waals surface area contributed by atoms with Crippen LogP contribution in [0.25, 0.3) is 0 Å². The summed E-state index contributed by atoms with van der Waals surface area (Å²) < 4.78 is 17.3. The van der Waals surface area contributed by atoms with Crippen LogP contribution in [0.4, 0.5) is 15.9 Å². The lowest BCUT2D eigenvalue weighted by Gasteiger charge is -2.07. The molecule has 4 aromatic rings. The zero-order valence-corrected chi connectivity index (χ0v) is 20.3. The predicted octanol–water partition coefficient (Wildman–Crippen LogP) is 6.19. The Hall–Kier alpha value is -2.46. The maximum atomic E-state index is 13.0. The van der Waals surface area contributed by atoms with E-state index in [-0.39, 0.29) is 5.82 Å². The number of halogens is 4. The van der Waals surface area contributed by atoms with Gasteiger partial charge < -0.3 is 10.6 Å². The number of thiocarbonyl (C=S) groups is 1. The molecule has 164 valence electrons. The normalized spacial score (nSPS) is 10.9. The van der Waals surface area contributed by atoms with Gasteiger partial charge in [-0.2, -0.15) is 10.2 Å². The molecular weight excluding hydrogens is 538 g/mol. The SMILES string of the molecule is Fc1ccc(Cn2cc(NC(=S)Nc3nn(Cc4ccc(Cl)c(Cl)c4)cc3Br)cn2)cc1. The van der Waals surface area contributed by atoms with Crippen LogP contribution >= 0.6 is 51.3 Å². The van der Waals surface area contributed by atoms with E-state index < -0.39 is 0 Å². The largest absolute Gasteiger partial charge is 0.330 e. The van der Waals surface area contributed by atoms with Crippen molar-refractivity contribution in [3.8, 4) is 0 Å². The van der Waals surface area contributed by atoms with Gasteiger partial charge in [-0.1, -0.05) is 41.4 Å². The van der Waals surface area contributed by atoms with Gasteiger partial charge in [-0.25, -0.2) is 4.39 Å². The Kier molecular flexibility index (Phi) is 7.10. The van der Waals surface area contributed by atoms with Crippen LogP contribution in [0, 0.1) is 5.82 Å². The van der Waals surface area contributed by atoms with Crippen LogP contribution in [0.2, 0.25) is 10.0 Å². The first-order valence-corrected chi connectivity index (χ1v) is 11.3. The Morgan fingerprint density at radius 1 is 0.969 bits per heavy atom. The summed E-state index contributed by atoms with van der Waals surface area (Å²) in [4.78, 5) is 0. The zero-order chi connectivity index (χ0) is 22.7. The average Bonchev–Trinajstić information content (AvgIpc) is 3.32. The molecule has 0 aliphatic carbocycles. The molecule has 0 bridgehead atoms. The van der Waals surface area contributed by atoms with Crippen molar-refractivity contribution in [3.05, 3.63) is 92.5 Å². The second-order valence-corrected chi connectivity index (χ2v) is 8.98. The van der Waals surface area contributed by atoms with Crippen LogP contribution in [0.1, 0.15) is 11.1 Å². The van der Waals surface area contributed by atoms with Crippen LogP contribution in [0.5, 0.6) is 0 Å². The van der Waals surface area contributed by atoms with Gasteiger partial charge in [-0.05, 0) is 63.5 Å². The molecule has 0 fully saturated rings. The number of rotatable bonds is 6. The fraction of sp³-hybridized carbons (Fsp3) is 0.0952. The first-order chi connectivity index (χ1) is 15.4. The molecule has 2 aromatic heterocycles. The minimum Gasteiger partial charge on any atom is -0.330 e. The molecule has 0 saturated heterocycles. The highest BCUT2D eigenvalue weighted by molar-refractivity contribution is 9.10. The maximum Gasteiger partial charge on any atom is 0.176 e. The average molecular weight is 554 g/mol. The second-order valence-electron chi connectivity index (χ2n) is 6.90. The number of nitrogens with zero attached hydrogens (tertiary/aromatic N) is 4. The third kappa shape index (κ3) is 5.86. The molecule has 0 atom stereocenters. The highest BCUT2D eigenvalue weighted by Gasteiger charge is 2.10. The molecule has 0 amide bonds. The fourth-order valence-corrected chi connectivity index (χ4v) is 3.90. The van der Waals surface area contributed by atoms with Gasteiger partial charge >= 0.3 is 0 Å². The van der Waals surface area contributed by atoms with Gasteiger partial charge in [0.1, 0.15) is 5.82 Å². The molecule has 0 radical (unpaired) electrons. The smallest absolute Gasteiger partial charge is 0.176 e. The van der Waals surface area contributed by atoms with Crippen molar-refractivity contribution in [1.82, 2.24) is 19.6 Å². The Labute approximate surface area is 207 Å². The van der Waals surface area contributed by atoms with E-state index >= 15 is 0 Å². The van der Waals surface area contributed by atoms with Crippen molar-refractivity contribution in [2.45, 2.75) is 13.1 Å². The quantitative estimate of drug-likeness (QED) is 0.279. The highest BCUT2D eigenvalue weighted by atomic mass is 79.9. The number of aromatic nitrogens is 4. The van der Waals surface area contributed by atoms with Crippen LogP contribution in [-0.2, 0) is 13.1 Å². The summed E-state index contributed by atoms with van der Waals surface area (Å²) in [6, 6.07) is 11.8. The number of hydrogen-bond acceptors (Lipinski definition) is 3. The maximum absolute atomic E-state index is 13.0. The van der Waals surface area contributed by atoms with E-state index in [9.17, 15) is 4.39 Å². The van der Waals surface area contributed by atoms with Gasteiger partial charge in [0.15, 0.2) is 10.9 Å². The van der Waals surface area contributed by atoms with Crippen molar-refractivity contribution in [2.75, 3.05) is 10.6 Å². The lowest BCUT2D eigenvalue weighted by molar-refractivity contribution is 0.624. The van der Waals surface area contributed by atoms with Gasteiger partial charge in [0.25, 0.3) is 0 Å². The lowest BCUT2D eigenvalue weighted by atomic mass is 10.2. The fourth-order valence-electron chi connectivity index (χ4n) is 2.95. The first-order valence-electron chi connectivity index (χ1n) is 9.37. The Morgan fingerprint density at radius 2 is 1.69 bits per heavy atom. The molecule has 2 N–H and O–H groups in total. The van der Waals surface area contributed by atoms with E-state index in [1.54, 1.807) is 33.8 Å². The monoisotopic (exact) mass is 552 g/mol. The molecule has 2 heterocycles. The van der Waals surface area contributed by atoms with Crippen LogP contribution in [0.15, 0.2) is 65.5 Å². The van der Waals surface area contributed by atoms with Crippen LogP contribution < -0.4 is 10.6 Å². The van der Waals surface area contributed by atoms with Crippen molar-refractivity contribution in [3.63, 3.8) is 0 Å². The van der Waals surface area contributed by atoms with Gasteiger partial charge in [0.05, 0.1) is 39.5 Å². The van der Waals surface area contributed by atoms with Crippen LogP contribution in [-0.4, -0.2) is 24.7 Å². The molecule has 6 nitrogen and oxygen atoms in total. The topological polar surface area (TPSA) is 59.7 Å². The second kappa shape index (κ2) is 9.99. The summed E-state index contributed by atoms with van der Waals surface area (Å²) in [7, 11) is 0. The first kappa shape index (κ1) is 22.7. The summed E-state index contributed by atoms with van der Waals surface area (Å²) in [6.45, 7) is 1.04. The molecule has 11 heteroatoms. The highest BCUT2D eigenvalue weighted by Crippen LogP contribution is 2.25. The summed E-state index contributed by atoms with van der Waals surface area (Å²) in [5, 5.41) is 16.3. The minimum atomic E-state index is -0.265. The van der Waals surface area contributed by atoms with Gasteiger partial charge in [-0.3, -0.25) is 9.36 Å². The lowest BCUT2D eigenvalue weighted by Crippen LogP contribution is -2.19. The van der Waals surface area contributed by atoms with E-state index in [1.165, 1.54) is 12.1 Å². The molecule has 4 rings (SSSR count). The van der Waals surface area contributed by atoms with Gasteiger partial charge in [0.2, 0.25) is 0 Å². The third-order valence-electron chi connectivity index (χ3n) is 4.43. The number of nitrogens with one attached hydrogen (secondary N) is 2. The summed E-state index contributed by atoms with van der Waals surface area (Å²) in [5.74, 6) is 0.305. The summed E-state index contributed by atoms with van der Waals surface area (Å²) in [6.07, 6.45) is 5.32. The molecule has 0 aliphatic heterocycles. The Bertz CT molecular complexity index is 1260. The van der Waals surface area contributed by atoms with E-state index in [0.29, 0.717) is 34.1 Å². The van der Waals surface area contributed by atoms with Gasteiger partial charge in [-0.15, -0.1) is 0 Å². The van der Waals surface area contributed by atoms with E-state index in [2.05, 4.69) is 36.8 Å². The minimum absolute atomic E-state index is 0.265.